The zero-order valence-electron chi connectivity index (χ0n) is 10.6. The number of benzene rings is 1. The lowest BCUT2D eigenvalue weighted by molar-refractivity contribution is -0.136. The van der Waals surface area contributed by atoms with Gasteiger partial charge in [0, 0.05) is 12.5 Å². The van der Waals surface area contributed by atoms with E-state index in [1.807, 2.05) is 13.0 Å². The molecule has 1 atom stereocenters. The van der Waals surface area contributed by atoms with Crippen molar-refractivity contribution < 1.29 is 14.6 Å². The summed E-state index contributed by atoms with van der Waals surface area (Å²) in [4.78, 5) is 10.6. The predicted molar refractivity (Wildman–Crippen MR) is 69.0 cm³/mol. The normalized spacial score (nSPS) is 17.6. The Labute approximate surface area is 107 Å². The summed E-state index contributed by atoms with van der Waals surface area (Å²) >= 11 is 0. The van der Waals surface area contributed by atoms with E-state index >= 15 is 0 Å². The van der Waals surface area contributed by atoms with Gasteiger partial charge in [0.25, 0.3) is 0 Å². The van der Waals surface area contributed by atoms with Gasteiger partial charge in [-0.2, -0.15) is 0 Å². The smallest absolute Gasteiger partial charge is 0.303 e. The molecule has 1 aliphatic rings. The third-order valence-electron chi connectivity index (χ3n) is 3.24. The van der Waals surface area contributed by atoms with Crippen LogP contribution in [0.1, 0.15) is 30.0 Å². The lowest BCUT2D eigenvalue weighted by Crippen LogP contribution is -2.19. The molecule has 0 aromatic heterocycles. The standard InChI is InChI=1S/C14H19NO3/c1-2-18-13-6-9(3-4-14(16)17)5-10-7-11(15)8-12(10)13/h5-6,11H,2-4,7-8,15H2,1H3,(H,16,17). The first-order chi connectivity index (χ1) is 8.60. The third kappa shape index (κ3) is 2.82. The maximum absolute atomic E-state index is 10.6. The summed E-state index contributed by atoms with van der Waals surface area (Å²) in [6.45, 7) is 2.56. The van der Waals surface area contributed by atoms with E-state index in [0.29, 0.717) is 13.0 Å². The van der Waals surface area contributed by atoms with Crippen molar-refractivity contribution >= 4 is 5.97 Å². The number of rotatable bonds is 5. The average Bonchev–Trinajstić information content (AvgIpc) is 2.67. The summed E-state index contributed by atoms with van der Waals surface area (Å²) < 4.78 is 5.64. The molecule has 0 fully saturated rings. The molecule has 98 valence electrons. The molecule has 18 heavy (non-hydrogen) atoms. The molecular weight excluding hydrogens is 230 g/mol. The maximum atomic E-state index is 10.6. The van der Waals surface area contributed by atoms with Crippen LogP contribution in [0.25, 0.3) is 0 Å². The molecule has 1 aliphatic carbocycles. The highest BCUT2D eigenvalue weighted by molar-refractivity contribution is 5.67. The van der Waals surface area contributed by atoms with Crippen molar-refractivity contribution in [3.8, 4) is 5.75 Å². The van der Waals surface area contributed by atoms with E-state index in [-0.39, 0.29) is 12.5 Å². The van der Waals surface area contributed by atoms with Crippen LogP contribution in [0.2, 0.25) is 0 Å². The Kier molecular flexibility index (Phi) is 3.87. The highest BCUT2D eigenvalue weighted by Crippen LogP contribution is 2.32. The van der Waals surface area contributed by atoms with E-state index in [0.717, 1.165) is 24.2 Å². The lowest BCUT2D eigenvalue weighted by Gasteiger charge is -2.11. The number of fused-ring (bicyclic) bond motifs is 1. The monoisotopic (exact) mass is 249 g/mol. The van der Waals surface area contributed by atoms with Gasteiger partial charge in [0.05, 0.1) is 6.61 Å². The first-order valence-electron chi connectivity index (χ1n) is 6.35. The van der Waals surface area contributed by atoms with Crippen LogP contribution in [-0.2, 0) is 24.1 Å². The number of carboxylic acids is 1. The van der Waals surface area contributed by atoms with Gasteiger partial charge in [0.2, 0.25) is 0 Å². The molecule has 0 spiro atoms. The topological polar surface area (TPSA) is 72.5 Å². The Hall–Kier alpha value is -1.55. The first-order valence-corrected chi connectivity index (χ1v) is 6.35. The summed E-state index contributed by atoms with van der Waals surface area (Å²) in [7, 11) is 0. The number of aliphatic carboxylic acids is 1. The molecule has 0 bridgehead atoms. The Morgan fingerprint density at radius 3 is 2.94 bits per heavy atom. The fourth-order valence-corrected chi connectivity index (χ4v) is 2.48. The lowest BCUT2D eigenvalue weighted by atomic mass is 10.0. The van der Waals surface area contributed by atoms with Gasteiger partial charge in [0.15, 0.2) is 0 Å². The van der Waals surface area contributed by atoms with Gasteiger partial charge in [-0.3, -0.25) is 4.79 Å². The summed E-state index contributed by atoms with van der Waals surface area (Å²) in [5.74, 6) is 0.105. The summed E-state index contributed by atoms with van der Waals surface area (Å²) in [6.07, 6.45) is 2.40. The number of ether oxygens (including phenoxy) is 1. The van der Waals surface area contributed by atoms with Crippen molar-refractivity contribution in [3.63, 3.8) is 0 Å². The highest BCUT2D eigenvalue weighted by atomic mass is 16.5. The van der Waals surface area contributed by atoms with Crippen LogP contribution in [0.15, 0.2) is 12.1 Å². The molecule has 0 heterocycles. The summed E-state index contributed by atoms with van der Waals surface area (Å²) in [6, 6.07) is 4.20. The van der Waals surface area contributed by atoms with E-state index in [2.05, 4.69) is 6.07 Å². The van der Waals surface area contributed by atoms with Crippen molar-refractivity contribution in [2.45, 2.75) is 38.6 Å². The second-order valence-corrected chi connectivity index (χ2v) is 4.73. The SMILES string of the molecule is CCOc1cc(CCC(=O)O)cc2c1CC(N)C2. The largest absolute Gasteiger partial charge is 0.494 e. The predicted octanol–water partition coefficient (Wildman–Crippen LogP) is 1.53. The van der Waals surface area contributed by atoms with Crippen LogP contribution in [0.4, 0.5) is 0 Å². The van der Waals surface area contributed by atoms with E-state index in [9.17, 15) is 4.79 Å². The Balaban J connectivity index is 2.25. The van der Waals surface area contributed by atoms with Gasteiger partial charge in [-0.1, -0.05) is 6.07 Å². The number of hydrogen-bond donors (Lipinski definition) is 2. The van der Waals surface area contributed by atoms with E-state index in [1.54, 1.807) is 0 Å². The van der Waals surface area contributed by atoms with Crippen LogP contribution in [-0.4, -0.2) is 23.7 Å². The second-order valence-electron chi connectivity index (χ2n) is 4.73. The van der Waals surface area contributed by atoms with Gasteiger partial charge < -0.3 is 15.6 Å². The van der Waals surface area contributed by atoms with Crippen LogP contribution < -0.4 is 10.5 Å². The minimum atomic E-state index is -0.773. The molecule has 0 saturated heterocycles. The Bertz CT molecular complexity index is 457. The number of nitrogens with two attached hydrogens (primary N) is 1. The first kappa shape index (κ1) is 12.9. The number of carbonyl (C=O) groups is 1. The van der Waals surface area contributed by atoms with Gasteiger partial charge in [-0.05, 0) is 48.9 Å². The number of aryl methyl sites for hydroxylation is 1. The quantitative estimate of drug-likeness (QED) is 0.830. The molecule has 1 aromatic rings. The van der Waals surface area contributed by atoms with Crippen molar-refractivity contribution in [1.29, 1.82) is 0 Å². The zero-order valence-corrected chi connectivity index (χ0v) is 10.6. The molecule has 1 unspecified atom stereocenters. The van der Waals surface area contributed by atoms with Crippen LogP contribution in [0, 0.1) is 0 Å². The minimum Gasteiger partial charge on any atom is -0.494 e. The molecule has 4 heteroatoms. The van der Waals surface area contributed by atoms with Crippen molar-refractivity contribution in [2.75, 3.05) is 6.61 Å². The van der Waals surface area contributed by atoms with Crippen LogP contribution in [0.3, 0.4) is 0 Å². The maximum Gasteiger partial charge on any atom is 0.303 e. The van der Waals surface area contributed by atoms with Crippen molar-refractivity contribution in [1.82, 2.24) is 0 Å². The molecule has 4 nitrogen and oxygen atoms in total. The van der Waals surface area contributed by atoms with Gasteiger partial charge >= 0.3 is 5.97 Å². The van der Waals surface area contributed by atoms with E-state index in [4.69, 9.17) is 15.6 Å². The molecular formula is C14H19NO3. The molecule has 0 radical (unpaired) electrons. The molecule has 0 amide bonds. The van der Waals surface area contributed by atoms with Crippen molar-refractivity contribution in [3.05, 3.63) is 28.8 Å². The van der Waals surface area contributed by atoms with E-state index < -0.39 is 5.97 Å². The van der Waals surface area contributed by atoms with Gasteiger partial charge in [0.1, 0.15) is 5.75 Å². The molecule has 0 saturated carbocycles. The molecule has 3 N–H and O–H groups in total. The van der Waals surface area contributed by atoms with Crippen LogP contribution >= 0.6 is 0 Å². The Morgan fingerprint density at radius 1 is 1.50 bits per heavy atom. The van der Waals surface area contributed by atoms with Crippen molar-refractivity contribution in [2.24, 2.45) is 5.73 Å². The van der Waals surface area contributed by atoms with Gasteiger partial charge in [-0.25, -0.2) is 0 Å². The van der Waals surface area contributed by atoms with E-state index in [1.165, 1.54) is 11.1 Å². The fraction of sp³-hybridized carbons (Fsp3) is 0.500. The van der Waals surface area contributed by atoms with Crippen LogP contribution in [0.5, 0.6) is 5.75 Å². The zero-order chi connectivity index (χ0) is 13.1. The fourth-order valence-electron chi connectivity index (χ4n) is 2.48. The highest BCUT2D eigenvalue weighted by Gasteiger charge is 2.22. The number of carboxylic acid groups (broad SMARTS) is 1. The average molecular weight is 249 g/mol. The third-order valence-corrected chi connectivity index (χ3v) is 3.24. The second kappa shape index (κ2) is 5.40. The summed E-state index contributed by atoms with van der Waals surface area (Å²) in [5.41, 5.74) is 9.41. The minimum absolute atomic E-state index is 0.149. The number of hydrogen-bond acceptors (Lipinski definition) is 3. The molecule has 1 aromatic carbocycles. The van der Waals surface area contributed by atoms with Gasteiger partial charge in [-0.15, -0.1) is 0 Å². The Morgan fingerprint density at radius 2 is 2.28 bits per heavy atom. The molecule has 0 aliphatic heterocycles. The summed E-state index contributed by atoms with van der Waals surface area (Å²) in [5, 5.41) is 8.73. The molecule has 2 rings (SSSR count).